The smallest absolute Gasteiger partial charge is 0.407 e. The molecule has 1 fully saturated rings. The molecule has 0 aromatic carbocycles. The molecule has 1 saturated heterocycles. The molecule has 122 valence electrons. The summed E-state index contributed by atoms with van der Waals surface area (Å²) in [7, 11) is 0. The Hall–Kier alpha value is -2.09. The number of alkyl carbamates (subject to hydrolysis) is 1. The fraction of sp³-hybridized carbons (Fsp3) is 0.643. The number of hydrogen-bond acceptors (Lipinski definition) is 6. The lowest BCUT2D eigenvalue weighted by atomic mass is 9.99. The van der Waals surface area contributed by atoms with Gasteiger partial charge in [0.1, 0.15) is 11.7 Å². The van der Waals surface area contributed by atoms with E-state index in [2.05, 4.69) is 10.5 Å². The van der Waals surface area contributed by atoms with Gasteiger partial charge in [0.2, 0.25) is 0 Å². The number of aromatic nitrogens is 1. The van der Waals surface area contributed by atoms with Crippen LogP contribution < -0.4 is 5.32 Å². The van der Waals surface area contributed by atoms with Crippen molar-refractivity contribution in [2.45, 2.75) is 38.9 Å². The highest BCUT2D eigenvalue weighted by atomic mass is 16.6. The molecule has 1 unspecified atom stereocenters. The second-order valence-corrected chi connectivity index (χ2v) is 6.14. The molecule has 2 N–H and O–H groups in total. The standard InChI is InChI=1S/C14H20N2O6/c1-14(2,3)21-13(19)15-7-8-4-5-20-11(8)10-6-9(12(17)18)16-22-10/h6,8,11H,4-5,7H2,1-3H3,(H,15,19)(H,17,18)/t8-,11?/m0/s1. The number of ether oxygens (including phenoxy) is 2. The normalized spacial score (nSPS) is 21.6. The zero-order valence-electron chi connectivity index (χ0n) is 12.8. The van der Waals surface area contributed by atoms with Crippen molar-refractivity contribution in [1.29, 1.82) is 0 Å². The van der Waals surface area contributed by atoms with Crippen LogP contribution in [0.4, 0.5) is 4.79 Å². The van der Waals surface area contributed by atoms with E-state index in [-0.39, 0.29) is 11.6 Å². The first-order valence-corrected chi connectivity index (χ1v) is 7.04. The maximum Gasteiger partial charge on any atom is 0.407 e. The van der Waals surface area contributed by atoms with Crippen molar-refractivity contribution in [3.05, 3.63) is 17.5 Å². The molecule has 2 atom stereocenters. The number of aromatic carboxylic acids is 1. The van der Waals surface area contributed by atoms with E-state index in [1.165, 1.54) is 6.07 Å². The van der Waals surface area contributed by atoms with E-state index in [1.807, 2.05) is 0 Å². The number of hydrogen-bond donors (Lipinski definition) is 2. The van der Waals surface area contributed by atoms with Gasteiger partial charge in [0, 0.05) is 25.1 Å². The van der Waals surface area contributed by atoms with E-state index in [9.17, 15) is 9.59 Å². The zero-order valence-corrected chi connectivity index (χ0v) is 12.8. The molecular formula is C14H20N2O6. The molecule has 1 aromatic rings. The Morgan fingerprint density at radius 2 is 2.23 bits per heavy atom. The Morgan fingerprint density at radius 1 is 1.50 bits per heavy atom. The van der Waals surface area contributed by atoms with E-state index < -0.39 is 23.8 Å². The molecule has 8 heteroatoms. The van der Waals surface area contributed by atoms with Gasteiger partial charge in [0.05, 0.1) is 0 Å². The summed E-state index contributed by atoms with van der Waals surface area (Å²) in [4.78, 5) is 22.5. The van der Waals surface area contributed by atoms with Gasteiger partial charge in [0.25, 0.3) is 0 Å². The third-order valence-corrected chi connectivity index (χ3v) is 3.15. The average molecular weight is 312 g/mol. The van der Waals surface area contributed by atoms with Crippen LogP contribution in [0.5, 0.6) is 0 Å². The summed E-state index contributed by atoms with van der Waals surface area (Å²) in [5, 5.41) is 15.0. The van der Waals surface area contributed by atoms with Crippen LogP contribution in [-0.2, 0) is 9.47 Å². The number of nitrogens with zero attached hydrogens (tertiary/aromatic N) is 1. The molecule has 22 heavy (non-hydrogen) atoms. The average Bonchev–Trinajstić information content (AvgIpc) is 3.02. The van der Waals surface area contributed by atoms with Crippen molar-refractivity contribution in [2.75, 3.05) is 13.2 Å². The van der Waals surface area contributed by atoms with Crippen LogP contribution in [0.1, 0.15) is 49.5 Å². The first kappa shape index (κ1) is 16.3. The molecule has 0 aliphatic carbocycles. The van der Waals surface area contributed by atoms with Gasteiger partial charge >= 0.3 is 12.1 Å². The first-order valence-electron chi connectivity index (χ1n) is 7.04. The summed E-state index contributed by atoms with van der Waals surface area (Å²) in [5.74, 6) is -0.829. The highest BCUT2D eigenvalue weighted by Gasteiger charge is 2.34. The number of carbonyl (C=O) groups is 2. The van der Waals surface area contributed by atoms with Crippen molar-refractivity contribution in [1.82, 2.24) is 10.5 Å². The molecule has 0 spiro atoms. The first-order chi connectivity index (χ1) is 10.3. The Morgan fingerprint density at radius 3 is 2.82 bits per heavy atom. The van der Waals surface area contributed by atoms with Crippen LogP contribution in [0.25, 0.3) is 0 Å². The lowest BCUT2D eigenvalue weighted by molar-refractivity contribution is 0.0467. The highest BCUT2D eigenvalue weighted by Crippen LogP contribution is 2.34. The molecule has 0 radical (unpaired) electrons. The Labute approximate surface area is 127 Å². The van der Waals surface area contributed by atoms with Crippen molar-refractivity contribution < 1.29 is 28.7 Å². The minimum Gasteiger partial charge on any atom is -0.476 e. The molecule has 1 aliphatic heterocycles. The topological polar surface area (TPSA) is 111 Å². The number of carboxylic acid groups (broad SMARTS) is 1. The highest BCUT2D eigenvalue weighted by molar-refractivity contribution is 5.85. The third-order valence-electron chi connectivity index (χ3n) is 3.15. The van der Waals surface area contributed by atoms with Gasteiger partial charge in [-0.3, -0.25) is 0 Å². The summed E-state index contributed by atoms with van der Waals surface area (Å²) >= 11 is 0. The van der Waals surface area contributed by atoms with E-state index in [4.69, 9.17) is 19.1 Å². The van der Waals surface area contributed by atoms with Gasteiger partial charge in [-0.05, 0) is 27.2 Å². The largest absolute Gasteiger partial charge is 0.476 e. The minimum absolute atomic E-state index is 0.0258. The minimum atomic E-state index is -1.16. The summed E-state index contributed by atoms with van der Waals surface area (Å²) in [5.41, 5.74) is -0.721. The van der Waals surface area contributed by atoms with Crippen molar-refractivity contribution in [3.63, 3.8) is 0 Å². The lowest BCUT2D eigenvalue weighted by Gasteiger charge is -2.21. The van der Waals surface area contributed by atoms with E-state index in [1.54, 1.807) is 20.8 Å². The summed E-state index contributed by atoms with van der Waals surface area (Å²) in [6.07, 6.45) is -0.193. The molecule has 1 amide bonds. The van der Waals surface area contributed by atoms with E-state index in [0.717, 1.165) is 6.42 Å². The van der Waals surface area contributed by atoms with Crippen LogP contribution >= 0.6 is 0 Å². The maximum absolute atomic E-state index is 11.7. The molecule has 0 bridgehead atoms. The van der Waals surface area contributed by atoms with Crippen molar-refractivity contribution >= 4 is 12.1 Å². The van der Waals surface area contributed by atoms with Gasteiger partial charge in [-0.25, -0.2) is 9.59 Å². The predicted octanol–water partition coefficient (Wildman–Crippen LogP) is 1.98. The molecule has 0 saturated carbocycles. The predicted molar refractivity (Wildman–Crippen MR) is 74.5 cm³/mol. The van der Waals surface area contributed by atoms with Crippen LogP contribution in [0.2, 0.25) is 0 Å². The number of rotatable bonds is 4. The number of carbonyl (C=O) groups excluding carboxylic acids is 1. The molecule has 1 aliphatic rings. The molecule has 1 aromatic heterocycles. The SMILES string of the molecule is CC(C)(C)OC(=O)NC[C@@H]1CCOC1c1cc(C(=O)O)no1. The zero-order chi connectivity index (χ0) is 16.3. The fourth-order valence-corrected chi connectivity index (χ4v) is 2.21. The second-order valence-electron chi connectivity index (χ2n) is 6.14. The molecular weight excluding hydrogens is 292 g/mol. The van der Waals surface area contributed by atoms with Crippen molar-refractivity contribution in [2.24, 2.45) is 5.92 Å². The quantitative estimate of drug-likeness (QED) is 0.874. The second kappa shape index (κ2) is 6.35. The van der Waals surface area contributed by atoms with Gasteiger partial charge in [-0.2, -0.15) is 0 Å². The van der Waals surface area contributed by atoms with Crippen LogP contribution in [0.15, 0.2) is 10.6 Å². The number of amides is 1. The third kappa shape index (κ3) is 4.20. The molecule has 8 nitrogen and oxygen atoms in total. The van der Waals surface area contributed by atoms with Crippen LogP contribution in [0, 0.1) is 5.92 Å². The number of nitrogens with one attached hydrogen (secondary N) is 1. The summed E-state index contributed by atoms with van der Waals surface area (Å²) in [6, 6.07) is 1.35. The Bertz CT molecular complexity index is 548. The van der Waals surface area contributed by atoms with Crippen LogP contribution in [0.3, 0.4) is 0 Å². The van der Waals surface area contributed by atoms with Gasteiger partial charge in [-0.15, -0.1) is 0 Å². The Balaban J connectivity index is 1.93. The van der Waals surface area contributed by atoms with Gasteiger partial charge < -0.3 is 24.4 Å². The lowest BCUT2D eigenvalue weighted by Crippen LogP contribution is -2.35. The van der Waals surface area contributed by atoms with E-state index in [0.29, 0.717) is 18.9 Å². The molecule has 2 heterocycles. The number of carboxylic acids is 1. The summed E-state index contributed by atoms with van der Waals surface area (Å²) < 4.78 is 15.8. The van der Waals surface area contributed by atoms with E-state index >= 15 is 0 Å². The van der Waals surface area contributed by atoms with Gasteiger partial charge in [0.15, 0.2) is 11.5 Å². The van der Waals surface area contributed by atoms with Crippen LogP contribution in [-0.4, -0.2) is 41.1 Å². The van der Waals surface area contributed by atoms with Crippen molar-refractivity contribution in [3.8, 4) is 0 Å². The summed E-state index contributed by atoms with van der Waals surface area (Å²) in [6.45, 7) is 6.22. The maximum atomic E-state index is 11.7. The van der Waals surface area contributed by atoms with Gasteiger partial charge in [-0.1, -0.05) is 5.16 Å². The molecule has 2 rings (SSSR count). The monoisotopic (exact) mass is 312 g/mol. The fourth-order valence-electron chi connectivity index (χ4n) is 2.21. The Kier molecular flexibility index (Phi) is 4.70.